The summed E-state index contributed by atoms with van der Waals surface area (Å²) in [7, 11) is 0. The van der Waals surface area contributed by atoms with E-state index in [9.17, 15) is 13.6 Å². The third-order valence-corrected chi connectivity index (χ3v) is 7.42. The fourth-order valence-corrected chi connectivity index (χ4v) is 5.41. The van der Waals surface area contributed by atoms with Gasteiger partial charge in [-0.15, -0.1) is 11.3 Å². The molecule has 1 atom stereocenters. The molecule has 0 radical (unpaired) electrons. The molecular weight excluding hydrogens is 446 g/mol. The molecule has 1 saturated heterocycles. The molecule has 2 aromatic heterocycles. The van der Waals surface area contributed by atoms with E-state index in [1.54, 1.807) is 35.6 Å². The number of carbonyl (C=O) groups excluding carboxylic acids is 1. The lowest BCUT2D eigenvalue weighted by Crippen LogP contribution is -2.37. The van der Waals surface area contributed by atoms with Gasteiger partial charge in [-0.1, -0.05) is 19.1 Å². The van der Waals surface area contributed by atoms with Crippen molar-refractivity contribution in [1.29, 1.82) is 0 Å². The second-order valence-corrected chi connectivity index (χ2v) is 9.75. The number of furan rings is 1. The van der Waals surface area contributed by atoms with Crippen molar-refractivity contribution < 1.29 is 22.7 Å². The van der Waals surface area contributed by atoms with Crippen LogP contribution in [0.5, 0.6) is 5.75 Å². The fraction of sp³-hybridized carbons (Fsp3) is 0.400. The summed E-state index contributed by atoms with van der Waals surface area (Å²) in [4.78, 5) is 16.3. The smallest absolute Gasteiger partial charge is 0.387 e. The molecule has 0 spiro atoms. The minimum Gasteiger partial charge on any atom is -0.459 e. The SMILES string of the molecule is Cc1sc(NC(=O)c2ccco2)c(C(c2ccc(OC(F)F)cc2)N2CCC(C)CC2)c1C. The van der Waals surface area contributed by atoms with Crippen molar-refractivity contribution in [2.24, 2.45) is 5.92 Å². The van der Waals surface area contributed by atoms with E-state index in [4.69, 9.17) is 4.42 Å². The van der Waals surface area contributed by atoms with Crippen molar-refractivity contribution >= 4 is 22.2 Å². The first-order valence-electron chi connectivity index (χ1n) is 11.1. The molecule has 33 heavy (non-hydrogen) atoms. The standard InChI is InChI=1S/C25H28F2N2O3S/c1-15-10-12-29(13-11-15)22(18-6-8-19(9-7-18)32-25(26)27)21-16(2)17(3)33-24(21)28-23(30)20-5-4-14-31-20/h4-9,14-15,22,25H,10-13H2,1-3H3,(H,28,30). The number of likely N-dealkylation sites (tertiary alicyclic amines) is 1. The van der Waals surface area contributed by atoms with Crippen LogP contribution in [0.15, 0.2) is 47.1 Å². The summed E-state index contributed by atoms with van der Waals surface area (Å²) >= 11 is 1.54. The Morgan fingerprint density at radius 2 is 1.88 bits per heavy atom. The summed E-state index contributed by atoms with van der Waals surface area (Å²) in [6.45, 7) is 5.35. The average molecular weight is 475 g/mol. The number of aryl methyl sites for hydroxylation is 1. The maximum absolute atomic E-state index is 12.8. The molecule has 8 heteroatoms. The predicted molar refractivity (Wildman–Crippen MR) is 125 cm³/mol. The third kappa shape index (κ3) is 5.28. The van der Waals surface area contributed by atoms with Crippen molar-refractivity contribution in [3.63, 3.8) is 0 Å². The quantitative estimate of drug-likeness (QED) is 0.417. The van der Waals surface area contributed by atoms with Crippen LogP contribution in [0, 0.1) is 19.8 Å². The van der Waals surface area contributed by atoms with Crippen molar-refractivity contribution in [3.8, 4) is 5.75 Å². The molecule has 5 nitrogen and oxygen atoms in total. The highest BCUT2D eigenvalue weighted by Gasteiger charge is 2.31. The van der Waals surface area contributed by atoms with Gasteiger partial charge in [0.05, 0.1) is 12.3 Å². The number of hydrogen-bond acceptors (Lipinski definition) is 5. The summed E-state index contributed by atoms with van der Waals surface area (Å²) in [5.74, 6) is 0.743. The number of benzene rings is 1. The number of amides is 1. The number of alkyl halides is 2. The van der Waals surface area contributed by atoms with E-state index in [2.05, 4.69) is 28.8 Å². The van der Waals surface area contributed by atoms with Gasteiger partial charge < -0.3 is 14.5 Å². The van der Waals surface area contributed by atoms with Crippen LogP contribution >= 0.6 is 11.3 Å². The van der Waals surface area contributed by atoms with E-state index < -0.39 is 6.61 Å². The molecule has 1 aliphatic heterocycles. The molecule has 1 aliphatic rings. The number of thiophene rings is 1. The van der Waals surface area contributed by atoms with Gasteiger partial charge in [0, 0.05) is 10.4 Å². The zero-order chi connectivity index (χ0) is 23.5. The summed E-state index contributed by atoms with van der Waals surface area (Å²) < 4.78 is 35.1. The number of nitrogens with zero attached hydrogens (tertiary/aromatic N) is 1. The number of halogens is 2. The van der Waals surface area contributed by atoms with Gasteiger partial charge in [0.15, 0.2) is 5.76 Å². The Labute approximate surface area is 196 Å². The largest absolute Gasteiger partial charge is 0.459 e. The number of piperidine rings is 1. The first kappa shape index (κ1) is 23.4. The van der Waals surface area contributed by atoms with Gasteiger partial charge in [0.25, 0.3) is 5.91 Å². The lowest BCUT2D eigenvalue weighted by Gasteiger charge is -2.37. The Morgan fingerprint density at radius 1 is 1.18 bits per heavy atom. The van der Waals surface area contributed by atoms with Gasteiger partial charge in [-0.3, -0.25) is 9.69 Å². The monoisotopic (exact) mass is 474 g/mol. The van der Waals surface area contributed by atoms with Gasteiger partial charge >= 0.3 is 6.61 Å². The molecule has 1 N–H and O–H groups in total. The fourth-order valence-electron chi connectivity index (χ4n) is 4.32. The Hall–Kier alpha value is -2.71. The molecule has 3 heterocycles. The van der Waals surface area contributed by atoms with Gasteiger partial charge in [-0.25, -0.2) is 0 Å². The molecule has 0 bridgehead atoms. The summed E-state index contributed by atoms with van der Waals surface area (Å²) in [5.41, 5.74) is 3.13. The molecule has 1 unspecified atom stereocenters. The third-order valence-electron chi connectivity index (χ3n) is 6.28. The summed E-state index contributed by atoms with van der Waals surface area (Å²) in [6, 6.07) is 10.0. The first-order chi connectivity index (χ1) is 15.8. The second-order valence-electron chi connectivity index (χ2n) is 8.53. The van der Waals surface area contributed by atoms with Gasteiger partial charge in [-0.2, -0.15) is 8.78 Å². The van der Waals surface area contributed by atoms with Gasteiger partial charge in [-0.05, 0) is 81.1 Å². The van der Waals surface area contributed by atoms with Crippen LogP contribution in [0.4, 0.5) is 13.8 Å². The van der Waals surface area contributed by atoms with Crippen LogP contribution in [0.25, 0.3) is 0 Å². The average Bonchev–Trinajstić information content (AvgIpc) is 3.41. The lowest BCUT2D eigenvalue weighted by molar-refractivity contribution is -0.0498. The normalized spacial score (nSPS) is 16.2. The van der Waals surface area contributed by atoms with E-state index in [1.165, 1.54) is 6.26 Å². The number of nitrogens with one attached hydrogen (secondary N) is 1. The van der Waals surface area contributed by atoms with Crippen LogP contribution in [-0.2, 0) is 0 Å². The Balaban J connectivity index is 1.73. The molecule has 176 valence electrons. The van der Waals surface area contributed by atoms with Gasteiger partial charge in [0.1, 0.15) is 10.8 Å². The highest BCUT2D eigenvalue weighted by Crippen LogP contribution is 2.43. The molecule has 0 aliphatic carbocycles. The number of ether oxygens (including phenoxy) is 1. The first-order valence-corrected chi connectivity index (χ1v) is 11.9. The van der Waals surface area contributed by atoms with Crippen LogP contribution in [0.3, 0.4) is 0 Å². The van der Waals surface area contributed by atoms with E-state index in [0.29, 0.717) is 5.92 Å². The van der Waals surface area contributed by atoms with Crippen LogP contribution in [0.2, 0.25) is 0 Å². The van der Waals surface area contributed by atoms with E-state index in [-0.39, 0.29) is 23.5 Å². The van der Waals surface area contributed by atoms with Crippen LogP contribution < -0.4 is 10.1 Å². The van der Waals surface area contributed by atoms with Crippen molar-refractivity contribution in [2.75, 3.05) is 18.4 Å². The second kappa shape index (κ2) is 10.1. The Kier molecular flexibility index (Phi) is 7.14. The van der Waals surface area contributed by atoms with Crippen molar-refractivity contribution in [1.82, 2.24) is 4.90 Å². The predicted octanol–water partition coefficient (Wildman–Crippen LogP) is 6.63. The highest BCUT2D eigenvalue weighted by atomic mass is 32.1. The van der Waals surface area contributed by atoms with Crippen molar-refractivity contribution in [2.45, 2.75) is 46.3 Å². The van der Waals surface area contributed by atoms with E-state index in [1.807, 2.05) is 19.1 Å². The van der Waals surface area contributed by atoms with Crippen LogP contribution in [0.1, 0.15) is 57.9 Å². The van der Waals surface area contributed by atoms with Gasteiger partial charge in [0.2, 0.25) is 0 Å². The summed E-state index contributed by atoms with van der Waals surface area (Å²) in [5, 5.41) is 3.83. The zero-order valence-corrected chi connectivity index (χ0v) is 19.8. The molecule has 0 saturated carbocycles. The number of hydrogen-bond donors (Lipinski definition) is 1. The lowest BCUT2D eigenvalue weighted by atomic mass is 9.91. The molecule has 1 amide bonds. The Morgan fingerprint density at radius 3 is 2.48 bits per heavy atom. The maximum Gasteiger partial charge on any atom is 0.387 e. The zero-order valence-electron chi connectivity index (χ0n) is 18.9. The topological polar surface area (TPSA) is 54.7 Å². The molecule has 1 fully saturated rings. The molecule has 3 aromatic rings. The Bertz CT molecular complexity index is 1070. The molecule has 1 aromatic carbocycles. The minimum absolute atomic E-state index is 0.116. The van der Waals surface area contributed by atoms with Crippen molar-refractivity contribution in [3.05, 3.63) is 70.0 Å². The van der Waals surface area contributed by atoms with E-state index in [0.717, 1.165) is 52.5 Å². The number of rotatable bonds is 7. The number of carbonyl (C=O) groups is 1. The van der Waals surface area contributed by atoms with E-state index >= 15 is 0 Å². The molecular formula is C25H28F2N2O3S. The number of anilines is 1. The summed E-state index contributed by atoms with van der Waals surface area (Å²) in [6.07, 6.45) is 3.64. The maximum atomic E-state index is 12.8. The molecule has 4 rings (SSSR count). The van der Waals surface area contributed by atoms with Crippen LogP contribution in [-0.4, -0.2) is 30.5 Å². The highest BCUT2D eigenvalue weighted by molar-refractivity contribution is 7.16. The minimum atomic E-state index is -2.86.